The van der Waals surface area contributed by atoms with Crippen LogP contribution in [0.2, 0.25) is 0 Å². The van der Waals surface area contributed by atoms with Crippen LogP contribution in [0.1, 0.15) is 36.8 Å². The first-order valence-corrected chi connectivity index (χ1v) is 10.4. The quantitative estimate of drug-likeness (QED) is 0.481. The fourth-order valence-electron chi connectivity index (χ4n) is 3.49. The first-order chi connectivity index (χ1) is 12.8. The zero-order valence-corrected chi connectivity index (χ0v) is 16.5. The summed E-state index contributed by atoms with van der Waals surface area (Å²) in [6.07, 6.45) is 4.75. The van der Waals surface area contributed by atoms with Crippen LogP contribution in [0.4, 0.5) is 0 Å². The van der Waals surface area contributed by atoms with Gasteiger partial charge in [-0.3, -0.25) is 0 Å². The topological polar surface area (TPSA) is 18.5 Å². The second-order valence-corrected chi connectivity index (χ2v) is 7.53. The first-order valence-electron chi connectivity index (χ1n) is 9.33. The predicted octanol–water partition coefficient (Wildman–Crippen LogP) is 6.43. The largest absolute Gasteiger partial charge is 0.493 e. The first kappa shape index (κ1) is 19.4. The molecule has 26 heavy (non-hydrogen) atoms. The van der Waals surface area contributed by atoms with Crippen molar-refractivity contribution in [2.24, 2.45) is 11.8 Å². The van der Waals surface area contributed by atoms with Gasteiger partial charge in [-0.25, -0.2) is 0 Å². The smallest absolute Gasteiger partial charge is 0.123 e. The Labute approximate surface area is 166 Å². The number of alkyl halides is 2. The monoisotopic (exact) mass is 392 g/mol. The molecule has 0 atom stereocenters. The lowest BCUT2D eigenvalue weighted by Crippen LogP contribution is -2.23. The molecule has 0 amide bonds. The maximum absolute atomic E-state index is 6.03. The minimum atomic E-state index is 0.490. The molecular formula is C22H26Cl2O2. The van der Waals surface area contributed by atoms with E-state index in [1.807, 2.05) is 48.5 Å². The van der Waals surface area contributed by atoms with E-state index in [0.717, 1.165) is 35.8 Å². The minimum Gasteiger partial charge on any atom is -0.493 e. The van der Waals surface area contributed by atoms with Crippen molar-refractivity contribution >= 4 is 23.2 Å². The molecular weight excluding hydrogens is 367 g/mol. The lowest BCUT2D eigenvalue weighted by atomic mass is 9.83. The van der Waals surface area contributed by atoms with Crippen molar-refractivity contribution in [3.8, 4) is 11.5 Å². The molecule has 0 spiro atoms. The summed E-state index contributed by atoms with van der Waals surface area (Å²) in [5.41, 5.74) is 2.13. The van der Waals surface area contributed by atoms with Gasteiger partial charge in [0.05, 0.1) is 25.0 Å². The van der Waals surface area contributed by atoms with E-state index in [-0.39, 0.29) is 0 Å². The number of ether oxygens (including phenoxy) is 2. The van der Waals surface area contributed by atoms with Crippen molar-refractivity contribution in [2.45, 2.75) is 37.4 Å². The molecule has 0 N–H and O–H groups in total. The van der Waals surface area contributed by atoms with Gasteiger partial charge in [-0.15, -0.1) is 23.2 Å². The highest BCUT2D eigenvalue weighted by molar-refractivity contribution is 6.17. The summed E-state index contributed by atoms with van der Waals surface area (Å²) >= 11 is 12.0. The molecule has 1 aliphatic rings. The van der Waals surface area contributed by atoms with Gasteiger partial charge >= 0.3 is 0 Å². The lowest BCUT2D eigenvalue weighted by molar-refractivity contribution is 0.147. The van der Waals surface area contributed by atoms with Crippen LogP contribution in [0.25, 0.3) is 0 Å². The number of rotatable bonds is 8. The maximum atomic E-state index is 6.03. The van der Waals surface area contributed by atoms with Crippen molar-refractivity contribution < 1.29 is 9.47 Å². The fraction of sp³-hybridized carbons (Fsp3) is 0.455. The number of hydrogen-bond acceptors (Lipinski definition) is 2. The number of halogens is 2. The van der Waals surface area contributed by atoms with Crippen LogP contribution in [0, 0.1) is 11.8 Å². The van der Waals surface area contributed by atoms with E-state index in [1.54, 1.807) is 0 Å². The molecule has 0 bridgehead atoms. The van der Waals surface area contributed by atoms with Crippen LogP contribution in [0.5, 0.6) is 11.5 Å². The van der Waals surface area contributed by atoms with Gasteiger partial charge in [0.2, 0.25) is 0 Å². The third kappa shape index (κ3) is 5.31. The van der Waals surface area contributed by atoms with Crippen molar-refractivity contribution in [1.82, 2.24) is 0 Å². The molecule has 4 heteroatoms. The van der Waals surface area contributed by atoms with Crippen molar-refractivity contribution in [3.63, 3.8) is 0 Å². The summed E-state index contributed by atoms with van der Waals surface area (Å²) in [4.78, 5) is 0. The van der Waals surface area contributed by atoms with Crippen LogP contribution >= 0.6 is 23.2 Å². The molecule has 0 aliphatic heterocycles. The van der Waals surface area contributed by atoms with Crippen LogP contribution in [-0.4, -0.2) is 13.2 Å². The Bertz CT molecular complexity index is 622. The molecule has 1 saturated carbocycles. The van der Waals surface area contributed by atoms with Crippen molar-refractivity contribution in [1.29, 1.82) is 0 Å². The Morgan fingerprint density at radius 1 is 0.654 bits per heavy atom. The summed E-state index contributed by atoms with van der Waals surface area (Å²) in [6.45, 7) is 1.55. The minimum absolute atomic E-state index is 0.490. The van der Waals surface area contributed by atoms with E-state index in [4.69, 9.17) is 32.7 Å². The molecule has 140 valence electrons. The van der Waals surface area contributed by atoms with Crippen LogP contribution < -0.4 is 9.47 Å². The molecule has 1 fully saturated rings. The average molecular weight is 393 g/mol. The maximum Gasteiger partial charge on any atom is 0.123 e. The Hall–Kier alpha value is -1.38. The third-order valence-corrected chi connectivity index (χ3v) is 5.72. The summed E-state index contributed by atoms with van der Waals surface area (Å²) in [7, 11) is 0. The molecule has 0 aromatic heterocycles. The summed E-state index contributed by atoms with van der Waals surface area (Å²) < 4.78 is 12.1. The second kappa shape index (κ2) is 10.1. The van der Waals surface area contributed by atoms with Crippen LogP contribution in [-0.2, 0) is 11.8 Å². The number of hydrogen-bond donors (Lipinski definition) is 0. The molecule has 2 aromatic carbocycles. The summed E-state index contributed by atoms with van der Waals surface area (Å²) in [6, 6.07) is 16.1. The highest BCUT2D eigenvalue weighted by Crippen LogP contribution is 2.31. The van der Waals surface area contributed by atoms with Crippen molar-refractivity contribution in [2.75, 3.05) is 13.2 Å². The van der Waals surface area contributed by atoms with Gasteiger partial charge in [-0.05, 0) is 49.7 Å². The SMILES string of the molecule is ClCc1ccccc1OCC1CCC(COc2ccccc2CCl)CC1. The van der Waals surface area contributed by atoms with Gasteiger partial charge < -0.3 is 9.47 Å². The van der Waals surface area contributed by atoms with Crippen LogP contribution in [0.3, 0.4) is 0 Å². The molecule has 2 nitrogen and oxygen atoms in total. The molecule has 1 aliphatic carbocycles. The van der Waals surface area contributed by atoms with Crippen LogP contribution in [0.15, 0.2) is 48.5 Å². The Kier molecular flexibility index (Phi) is 7.52. The Morgan fingerprint density at radius 2 is 1.04 bits per heavy atom. The lowest BCUT2D eigenvalue weighted by Gasteiger charge is -2.28. The normalized spacial score (nSPS) is 19.9. The molecule has 0 heterocycles. The van der Waals surface area contributed by atoms with Gasteiger partial charge in [0.25, 0.3) is 0 Å². The standard InChI is InChI=1S/C22H26Cl2O2/c23-13-19-5-1-3-7-21(19)25-15-17-9-11-18(12-10-17)16-26-22-8-4-2-6-20(22)14-24/h1-8,17-18H,9-16H2. The fourth-order valence-corrected chi connectivity index (χ4v) is 3.93. The van der Waals surface area contributed by atoms with Gasteiger partial charge in [0.15, 0.2) is 0 Å². The molecule has 3 rings (SSSR count). The Morgan fingerprint density at radius 3 is 1.42 bits per heavy atom. The zero-order chi connectivity index (χ0) is 18.2. The average Bonchev–Trinajstić information content (AvgIpc) is 2.72. The van der Waals surface area contributed by atoms with Gasteiger partial charge in [0.1, 0.15) is 11.5 Å². The van der Waals surface area contributed by atoms with E-state index in [1.165, 1.54) is 25.7 Å². The number of para-hydroxylation sites is 2. The van der Waals surface area contributed by atoms with E-state index >= 15 is 0 Å². The predicted molar refractivity (Wildman–Crippen MR) is 108 cm³/mol. The van der Waals surface area contributed by atoms with E-state index < -0.39 is 0 Å². The molecule has 0 unspecified atom stereocenters. The second-order valence-electron chi connectivity index (χ2n) is 6.99. The van der Waals surface area contributed by atoms with E-state index in [0.29, 0.717) is 23.6 Å². The van der Waals surface area contributed by atoms with Gasteiger partial charge in [-0.2, -0.15) is 0 Å². The van der Waals surface area contributed by atoms with E-state index in [9.17, 15) is 0 Å². The summed E-state index contributed by atoms with van der Waals surface area (Å²) in [5.74, 6) is 4.06. The number of benzene rings is 2. The summed E-state index contributed by atoms with van der Waals surface area (Å²) in [5, 5.41) is 0. The molecule has 0 saturated heterocycles. The zero-order valence-electron chi connectivity index (χ0n) is 15.0. The van der Waals surface area contributed by atoms with Gasteiger partial charge in [-0.1, -0.05) is 36.4 Å². The van der Waals surface area contributed by atoms with E-state index in [2.05, 4.69) is 0 Å². The third-order valence-electron chi connectivity index (χ3n) is 5.15. The van der Waals surface area contributed by atoms with Gasteiger partial charge in [0, 0.05) is 11.1 Å². The molecule has 0 radical (unpaired) electrons. The highest BCUT2D eigenvalue weighted by Gasteiger charge is 2.22. The molecule has 2 aromatic rings. The van der Waals surface area contributed by atoms with Crippen molar-refractivity contribution in [3.05, 3.63) is 59.7 Å². The highest BCUT2D eigenvalue weighted by atomic mass is 35.5. The Balaban J connectivity index is 1.41.